The summed E-state index contributed by atoms with van der Waals surface area (Å²) in [5.41, 5.74) is 0. The van der Waals surface area contributed by atoms with Crippen molar-refractivity contribution in [3.63, 3.8) is 0 Å². The summed E-state index contributed by atoms with van der Waals surface area (Å²) in [5, 5.41) is 5.79. The molecule has 2 N–H and O–H groups in total. The molecule has 0 aromatic heterocycles. The van der Waals surface area contributed by atoms with E-state index in [2.05, 4.69) is 10.6 Å². The third-order valence-corrected chi connectivity index (χ3v) is 1.87. The number of hydrogen-bond acceptors (Lipinski definition) is 3. The molecule has 0 heterocycles. The summed E-state index contributed by atoms with van der Waals surface area (Å²) in [4.78, 5) is 10.8. The van der Waals surface area contributed by atoms with Gasteiger partial charge >= 0.3 is 0 Å². The van der Waals surface area contributed by atoms with E-state index in [1.54, 1.807) is 14.2 Å². The van der Waals surface area contributed by atoms with Gasteiger partial charge in [0.1, 0.15) is 0 Å². The van der Waals surface area contributed by atoms with Gasteiger partial charge < -0.3 is 15.4 Å². The van der Waals surface area contributed by atoms with E-state index in [9.17, 15) is 4.79 Å². The van der Waals surface area contributed by atoms with Crippen molar-refractivity contribution >= 4 is 5.91 Å². The largest absolute Gasteiger partial charge is 0.380 e. The van der Waals surface area contributed by atoms with Gasteiger partial charge in [-0.05, 0) is 19.9 Å². The Balaban J connectivity index is 3.12. The summed E-state index contributed by atoms with van der Waals surface area (Å²) in [7, 11) is 3.35. The molecule has 1 atom stereocenters. The number of carbonyl (C=O) groups is 1. The molecule has 0 aromatic rings. The molecule has 0 bridgehead atoms. The van der Waals surface area contributed by atoms with E-state index in [0.29, 0.717) is 6.42 Å². The Morgan fingerprint density at radius 2 is 2.23 bits per heavy atom. The van der Waals surface area contributed by atoms with Crippen molar-refractivity contribution in [2.24, 2.45) is 0 Å². The van der Waals surface area contributed by atoms with Crippen molar-refractivity contribution in [1.29, 1.82) is 0 Å². The number of rotatable bonds is 7. The zero-order valence-electron chi connectivity index (χ0n) is 8.72. The fraction of sp³-hybridized carbons (Fsp3) is 0.889. The Hall–Kier alpha value is -0.610. The van der Waals surface area contributed by atoms with E-state index < -0.39 is 0 Å². The highest BCUT2D eigenvalue weighted by atomic mass is 16.5. The van der Waals surface area contributed by atoms with E-state index in [0.717, 1.165) is 19.5 Å². The van der Waals surface area contributed by atoms with Crippen molar-refractivity contribution < 1.29 is 9.53 Å². The lowest BCUT2D eigenvalue weighted by molar-refractivity contribution is -0.120. The van der Waals surface area contributed by atoms with Gasteiger partial charge in [0.25, 0.3) is 0 Å². The van der Waals surface area contributed by atoms with Gasteiger partial charge in [0.05, 0.1) is 6.10 Å². The van der Waals surface area contributed by atoms with E-state index >= 15 is 0 Å². The van der Waals surface area contributed by atoms with Crippen molar-refractivity contribution in [1.82, 2.24) is 10.6 Å². The minimum Gasteiger partial charge on any atom is -0.380 e. The SMILES string of the molecule is CNC(=O)CCCNCC(C)OC. The summed E-state index contributed by atoms with van der Waals surface area (Å²) in [5.74, 6) is 0.0987. The molecule has 0 saturated carbocycles. The molecule has 0 aliphatic carbocycles. The average molecular weight is 188 g/mol. The highest BCUT2D eigenvalue weighted by molar-refractivity contribution is 5.75. The van der Waals surface area contributed by atoms with Crippen LogP contribution in [-0.4, -0.2) is 39.3 Å². The molecule has 0 aromatic carbocycles. The predicted octanol–water partition coefficient (Wildman–Crippen LogP) is 0.137. The van der Waals surface area contributed by atoms with Crippen LogP contribution in [0, 0.1) is 0 Å². The average Bonchev–Trinajstić information content (AvgIpc) is 2.16. The van der Waals surface area contributed by atoms with Crippen LogP contribution in [-0.2, 0) is 9.53 Å². The van der Waals surface area contributed by atoms with Crippen LogP contribution in [0.1, 0.15) is 19.8 Å². The first-order valence-electron chi connectivity index (χ1n) is 4.64. The number of hydrogen-bond donors (Lipinski definition) is 2. The van der Waals surface area contributed by atoms with Gasteiger partial charge in [-0.25, -0.2) is 0 Å². The zero-order valence-corrected chi connectivity index (χ0v) is 8.72. The summed E-state index contributed by atoms with van der Waals surface area (Å²) in [6.07, 6.45) is 1.70. The molecule has 0 spiro atoms. The second-order valence-electron chi connectivity index (χ2n) is 3.03. The molecule has 0 radical (unpaired) electrons. The van der Waals surface area contributed by atoms with Gasteiger partial charge in [0.2, 0.25) is 5.91 Å². The Kier molecular flexibility index (Phi) is 7.63. The van der Waals surface area contributed by atoms with Crippen molar-refractivity contribution in [3.8, 4) is 0 Å². The Morgan fingerprint density at radius 3 is 2.77 bits per heavy atom. The molecule has 1 amide bonds. The second-order valence-corrected chi connectivity index (χ2v) is 3.03. The summed E-state index contributed by atoms with van der Waals surface area (Å²) in [6.45, 7) is 3.71. The number of amides is 1. The minimum absolute atomic E-state index is 0.0987. The summed E-state index contributed by atoms with van der Waals surface area (Å²) in [6, 6.07) is 0. The fourth-order valence-corrected chi connectivity index (χ4v) is 0.888. The molecule has 0 saturated heterocycles. The third kappa shape index (κ3) is 7.74. The lowest BCUT2D eigenvalue weighted by atomic mass is 10.3. The zero-order chi connectivity index (χ0) is 10.1. The van der Waals surface area contributed by atoms with Crippen molar-refractivity contribution in [3.05, 3.63) is 0 Å². The highest BCUT2D eigenvalue weighted by Gasteiger charge is 1.99. The van der Waals surface area contributed by atoms with Gasteiger partial charge in [-0.15, -0.1) is 0 Å². The fourth-order valence-electron chi connectivity index (χ4n) is 0.888. The van der Waals surface area contributed by atoms with Crippen LogP contribution in [0.2, 0.25) is 0 Å². The Labute approximate surface area is 80.0 Å². The second kappa shape index (κ2) is 8.01. The molecule has 0 rings (SSSR count). The Bertz CT molecular complexity index is 140. The van der Waals surface area contributed by atoms with Gasteiger partial charge in [-0.3, -0.25) is 4.79 Å². The molecule has 4 nitrogen and oxygen atoms in total. The van der Waals surface area contributed by atoms with Crippen LogP contribution in [0.25, 0.3) is 0 Å². The van der Waals surface area contributed by atoms with Crippen LogP contribution in [0.3, 0.4) is 0 Å². The van der Waals surface area contributed by atoms with Gasteiger partial charge in [0, 0.05) is 27.1 Å². The lowest BCUT2D eigenvalue weighted by Gasteiger charge is -2.09. The van der Waals surface area contributed by atoms with Crippen molar-refractivity contribution in [2.75, 3.05) is 27.2 Å². The highest BCUT2D eigenvalue weighted by Crippen LogP contribution is 1.88. The molecular weight excluding hydrogens is 168 g/mol. The smallest absolute Gasteiger partial charge is 0.219 e. The maximum absolute atomic E-state index is 10.8. The molecule has 0 aliphatic rings. The van der Waals surface area contributed by atoms with Gasteiger partial charge in [0.15, 0.2) is 0 Å². The maximum Gasteiger partial charge on any atom is 0.219 e. The molecule has 13 heavy (non-hydrogen) atoms. The molecule has 0 fully saturated rings. The van der Waals surface area contributed by atoms with Crippen LogP contribution < -0.4 is 10.6 Å². The number of methoxy groups -OCH3 is 1. The van der Waals surface area contributed by atoms with Crippen LogP contribution >= 0.6 is 0 Å². The Morgan fingerprint density at radius 1 is 1.54 bits per heavy atom. The molecular formula is C9H20N2O2. The van der Waals surface area contributed by atoms with Crippen LogP contribution in [0.5, 0.6) is 0 Å². The molecule has 0 aliphatic heterocycles. The van der Waals surface area contributed by atoms with Gasteiger partial charge in [-0.2, -0.15) is 0 Å². The standard InChI is InChI=1S/C9H20N2O2/c1-8(13-3)7-11-6-4-5-9(12)10-2/h8,11H,4-7H2,1-3H3,(H,10,12). The lowest BCUT2D eigenvalue weighted by Crippen LogP contribution is -2.27. The normalized spacial score (nSPS) is 12.5. The summed E-state index contributed by atoms with van der Waals surface area (Å²) < 4.78 is 5.06. The van der Waals surface area contributed by atoms with Gasteiger partial charge in [-0.1, -0.05) is 0 Å². The third-order valence-electron chi connectivity index (χ3n) is 1.87. The first-order valence-corrected chi connectivity index (χ1v) is 4.64. The van der Waals surface area contributed by atoms with E-state index in [1.165, 1.54) is 0 Å². The number of ether oxygens (including phenoxy) is 1. The quantitative estimate of drug-likeness (QED) is 0.559. The van der Waals surface area contributed by atoms with Crippen LogP contribution in [0.15, 0.2) is 0 Å². The molecule has 78 valence electrons. The maximum atomic E-state index is 10.8. The molecule has 4 heteroatoms. The topological polar surface area (TPSA) is 50.4 Å². The van der Waals surface area contributed by atoms with Crippen molar-refractivity contribution in [2.45, 2.75) is 25.9 Å². The first-order chi connectivity index (χ1) is 6.20. The van der Waals surface area contributed by atoms with E-state index in [-0.39, 0.29) is 12.0 Å². The minimum atomic E-state index is 0.0987. The monoisotopic (exact) mass is 188 g/mol. The summed E-state index contributed by atoms with van der Waals surface area (Å²) >= 11 is 0. The molecule has 1 unspecified atom stereocenters. The van der Waals surface area contributed by atoms with Crippen LogP contribution in [0.4, 0.5) is 0 Å². The predicted molar refractivity (Wildman–Crippen MR) is 52.6 cm³/mol. The van der Waals surface area contributed by atoms with E-state index in [1.807, 2.05) is 6.92 Å². The number of carbonyl (C=O) groups excluding carboxylic acids is 1. The first kappa shape index (κ1) is 12.4. The van der Waals surface area contributed by atoms with E-state index in [4.69, 9.17) is 4.74 Å². The number of nitrogens with one attached hydrogen (secondary N) is 2.